The molecule has 1 aromatic heterocycles. The lowest BCUT2D eigenvalue weighted by Crippen LogP contribution is -2.43. The smallest absolute Gasteiger partial charge is 0.231 e. The zero-order valence-electron chi connectivity index (χ0n) is 12.2. The normalized spacial score (nSPS) is 34.2. The summed E-state index contributed by atoms with van der Waals surface area (Å²) in [5.41, 5.74) is -0.484. The monoisotopic (exact) mass is 272 g/mol. The number of nitrogens with zero attached hydrogens (tertiary/aromatic N) is 1. The van der Waals surface area contributed by atoms with Gasteiger partial charge in [-0.3, -0.25) is 14.6 Å². The van der Waals surface area contributed by atoms with Gasteiger partial charge in [-0.25, -0.2) is 0 Å². The third-order valence-electron chi connectivity index (χ3n) is 6.08. The molecule has 2 fully saturated rings. The van der Waals surface area contributed by atoms with E-state index in [0.717, 1.165) is 18.5 Å². The highest BCUT2D eigenvalue weighted by Gasteiger charge is 2.72. The highest BCUT2D eigenvalue weighted by atomic mass is 16.2. The van der Waals surface area contributed by atoms with Crippen molar-refractivity contribution >= 4 is 17.4 Å². The first-order valence-corrected chi connectivity index (χ1v) is 7.08. The number of hydrogen-bond donors (Lipinski definition) is 1. The van der Waals surface area contributed by atoms with Crippen LogP contribution >= 0.6 is 0 Å². The number of pyridine rings is 1. The minimum atomic E-state index is -0.567. The van der Waals surface area contributed by atoms with Gasteiger partial charge in [0.25, 0.3) is 0 Å². The average Bonchev–Trinajstić information content (AvgIpc) is 2.70. The van der Waals surface area contributed by atoms with Crippen molar-refractivity contribution in [1.82, 2.24) is 4.98 Å². The maximum atomic E-state index is 12.8. The number of Topliss-reactive ketones (excluding diaryl/α,β-unsaturated/α-hetero) is 1. The van der Waals surface area contributed by atoms with Crippen LogP contribution < -0.4 is 5.32 Å². The third-order valence-corrected chi connectivity index (χ3v) is 6.08. The Balaban J connectivity index is 1.94. The Bertz CT molecular complexity index is 581. The number of anilines is 1. The molecule has 2 aliphatic rings. The molecule has 0 unspecified atom stereocenters. The van der Waals surface area contributed by atoms with Crippen LogP contribution in [-0.4, -0.2) is 16.7 Å². The third kappa shape index (κ3) is 1.39. The molecule has 2 saturated carbocycles. The number of nitrogens with one attached hydrogen (secondary N) is 1. The second-order valence-corrected chi connectivity index (χ2v) is 6.83. The van der Waals surface area contributed by atoms with E-state index in [4.69, 9.17) is 0 Å². The van der Waals surface area contributed by atoms with Gasteiger partial charge in [-0.2, -0.15) is 0 Å². The molecule has 4 nitrogen and oxygen atoms in total. The molecule has 3 rings (SSSR count). The van der Waals surface area contributed by atoms with Gasteiger partial charge in [0.1, 0.15) is 5.78 Å². The first-order chi connectivity index (χ1) is 9.33. The van der Waals surface area contributed by atoms with Gasteiger partial charge in [-0.05, 0) is 30.4 Å². The van der Waals surface area contributed by atoms with E-state index in [2.05, 4.69) is 24.1 Å². The van der Waals surface area contributed by atoms with Gasteiger partial charge in [0, 0.05) is 29.9 Å². The van der Waals surface area contributed by atoms with E-state index in [1.54, 1.807) is 24.5 Å². The first-order valence-electron chi connectivity index (χ1n) is 7.08. The second-order valence-electron chi connectivity index (χ2n) is 6.83. The summed E-state index contributed by atoms with van der Waals surface area (Å²) in [7, 11) is 0. The zero-order valence-corrected chi connectivity index (χ0v) is 12.2. The minimum absolute atomic E-state index is 0.0247. The van der Waals surface area contributed by atoms with Crippen LogP contribution in [0.3, 0.4) is 0 Å². The second kappa shape index (κ2) is 3.90. The van der Waals surface area contributed by atoms with Crippen molar-refractivity contribution in [1.29, 1.82) is 0 Å². The SMILES string of the molecule is CC1(C)[C@]2(C(=O)Nc3ccncc3)CC[C@@]1(C)C(=O)C2. The fraction of sp³-hybridized carbons (Fsp3) is 0.562. The molecule has 2 aliphatic carbocycles. The fourth-order valence-electron chi connectivity index (χ4n) is 4.05. The topological polar surface area (TPSA) is 59.1 Å². The molecule has 20 heavy (non-hydrogen) atoms. The van der Waals surface area contributed by atoms with Crippen LogP contribution in [0.25, 0.3) is 0 Å². The van der Waals surface area contributed by atoms with Crippen LogP contribution in [-0.2, 0) is 9.59 Å². The molecule has 0 saturated heterocycles. The Morgan fingerprint density at radius 3 is 2.35 bits per heavy atom. The van der Waals surface area contributed by atoms with E-state index in [-0.39, 0.29) is 22.5 Å². The minimum Gasteiger partial charge on any atom is -0.325 e. The summed E-state index contributed by atoms with van der Waals surface area (Å²) in [5.74, 6) is 0.210. The van der Waals surface area contributed by atoms with Crippen molar-refractivity contribution in [2.75, 3.05) is 5.32 Å². The molecular formula is C16H20N2O2. The van der Waals surface area contributed by atoms with Crippen molar-refractivity contribution in [3.63, 3.8) is 0 Å². The number of rotatable bonds is 2. The number of amides is 1. The van der Waals surface area contributed by atoms with Crippen LogP contribution in [0.2, 0.25) is 0 Å². The molecule has 0 aliphatic heterocycles. The molecule has 0 spiro atoms. The molecule has 0 radical (unpaired) electrons. The lowest BCUT2D eigenvalue weighted by molar-refractivity contribution is -0.131. The molecule has 106 valence electrons. The standard InChI is InChI=1S/C16H20N2O2/c1-14(2)15(3)6-7-16(14,10-12(15)19)13(20)18-11-4-8-17-9-5-11/h4-5,8-9H,6-7,10H2,1-3H3,(H,17,18,20)/t15-,16+/m0/s1. The summed E-state index contributed by atoms with van der Waals surface area (Å²) in [4.78, 5) is 29.1. The molecule has 0 aromatic carbocycles. The van der Waals surface area contributed by atoms with Crippen LogP contribution in [0.15, 0.2) is 24.5 Å². The number of carbonyl (C=O) groups is 2. The summed E-state index contributed by atoms with van der Waals surface area (Å²) in [6.45, 7) is 6.15. The van der Waals surface area contributed by atoms with Crippen LogP contribution in [0.5, 0.6) is 0 Å². The highest BCUT2D eigenvalue weighted by molar-refractivity contribution is 6.04. The average molecular weight is 272 g/mol. The van der Waals surface area contributed by atoms with Crippen molar-refractivity contribution in [2.45, 2.75) is 40.0 Å². The van der Waals surface area contributed by atoms with Gasteiger partial charge >= 0.3 is 0 Å². The van der Waals surface area contributed by atoms with Gasteiger partial charge < -0.3 is 5.32 Å². The van der Waals surface area contributed by atoms with Gasteiger partial charge in [0.15, 0.2) is 0 Å². The summed E-state index contributed by atoms with van der Waals surface area (Å²) in [6.07, 6.45) is 5.27. The van der Waals surface area contributed by atoms with E-state index in [0.29, 0.717) is 6.42 Å². The number of aromatic nitrogens is 1. The first kappa shape index (κ1) is 13.3. The summed E-state index contributed by atoms with van der Waals surface area (Å²) in [5, 5.41) is 2.96. The lowest BCUT2D eigenvalue weighted by Gasteiger charge is -2.38. The van der Waals surface area contributed by atoms with Crippen molar-refractivity contribution in [3.05, 3.63) is 24.5 Å². The summed E-state index contributed by atoms with van der Waals surface area (Å²) >= 11 is 0. The Labute approximate surface area is 119 Å². The maximum Gasteiger partial charge on any atom is 0.231 e. The molecule has 2 atom stereocenters. The molecule has 1 aromatic rings. The maximum absolute atomic E-state index is 12.8. The van der Waals surface area contributed by atoms with Crippen molar-refractivity contribution in [2.24, 2.45) is 16.2 Å². The Hall–Kier alpha value is -1.71. The summed E-state index contributed by atoms with van der Waals surface area (Å²) < 4.78 is 0. The fourth-order valence-corrected chi connectivity index (χ4v) is 4.05. The molecule has 4 heteroatoms. The predicted octanol–water partition coefficient (Wildman–Crippen LogP) is 2.81. The lowest BCUT2D eigenvalue weighted by atomic mass is 9.64. The van der Waals surface area contributed by atoms with Crippen molar-refractivity contribution in [3.8, 4) is 0 Å². The van der Waals surface area contributed by atoms with E-state index in [9.17, 15) is 9.59 Å². The Morgan fingerprint density at radius 2 is 1.85 bits per heavy atom. The largest absolute Gasteiger partial charge is 0.325 e. The van der Waals surface area contributed by atoms with E-state index < -0.39 is 5.41 Å². The Morgan fingerprint density at radius 1 is 1.20 bits per heavy atom. The molecule has 1 heterocycles. The quantitative estimate of drug-likeness (QED) is 0.900. The summed E-state index contributed by atoms with van der Waals surface area (Å²) in [6, 6.07) is 3.54. The number of hydrogen-bond acceptors (Lipinski definition) is 3. The number of fused-ring (bicyclic) bond motifs is 2. The molecule has 1 N–H and O–H groups in total. The predicted molar refractivity (Wildman–Crippen MR) is 76.0 cm³/mol. The van der Waals surface area contributed by atoms with Crippen LogP contribution in [0.4, 0.5) is 5.69 Å². The van der Waals surface area contributed by atoms with Crippen LogP contribution in [0.1, 0.15) is 40.0 Å². The van der Waals surface area contributed by atoms with Gasteiger partial charge in [-0.15, -0.1) is 0 Å². The van der Waals surface area contributed by atoms with Gasteiger partial charge in [0.2, 0.25) is 5.91 Å². The number of ketones is 1. The van der Waals surface area contributed by atoms with Gasteiger partial charge in [-0.1, -0.05) is 20.8 Å². The molecule has 1 amide bonds. The molecule has 2 bridgehead atoms. The Kier molecular flexibility index (Phi) is 2.59. The van der Waals surface area contributed by atoms with E-state index in [1.807, 2.05) is 6.92 Å². The molecular weight excluding hydrogens is 252 g/mol. The van der Waals surface area contributed by atoms with E-state index >= 15 is 0 Å². The zero-order chi connectivity index (χ0) is 14.6. The number of carbonyl (C=O) groups excluding carboxylic acids is 2. The van der Waals surface area contributed by atoms with Gasteiger partial charge in [0.05, 0.1) is 5.41 Å². The highest BCUT2D eigenvalue weighted by Crippen LogP contribution is 2.70. The van der Waals surface area contributed by atoms with Crippen LogP contribution in [0, 0.1) is 16.2 Å². The van der Waals surface area contributed by atoms with Crippen molar-refractivity contribution < 1.29 is 9.59 Å². The van der Waals surface area contributed by atoms with E-state index in [1.165, 1.54) is 0 Å².